The van der Waals surface area contributed by atoms with Crippen LogP contribution >= 0.6 is 0 Å². The van der Waals surface area contributed by atoms with Crippen LogP contribution in [0.25, 0.3) is 0 Å². The van der Waals surface area contributed by atoms with Crippen molar-refractivity contribution in [1.82, 2.24) is 0 Å². The molecular formula is C69H108O12. The van der Waals surface area contributed by atoms with E-state index in [1.54, 1.807) is 0 Å². The standard InChI is InChI=1S/C69H108O12/c1-4-7-10-13-16-19-22-25-28-30-31-33-35-37-40-43-46-49-52-55-61(70)77-58-60(79-62(71)56-53-50-47-44-41-39-36-32-29-26-23-20-17-14-11-8-5-2)59-78-69-67(65(74)64(73)66(81-69)68(75)76)80-63(72)57-54-51-48-45-42-38-34-27-24-21-18-15-12-9-6-3/h7-8,10-11,16-21,25-29,31,33-34,36,39,44,47,60,64-67,69,73-74H,4-6,9,12-15,22-24,30,32,35,37-38,40-43,45-46,48-59H2,1-3H3,(H,75,76)/b10-7-,11-8-,19-16-,20-17-,21-18-,28-25-,29-26-,33-31-,34-27-,39-36-,47-44-. The van der Waals surface area contributed by atoms with Gasteiger partial charge in [0.2, 0.25) is 0 Å². The average Bonchev–Trinajstić information content (AvgIpc) is 3.52. The summed E-state index contributed by atoms with van der Waals surface area (Å²) in [5.74, 6) is -3.25. The van der Waals surface area contributed by atoms with E-state index in [0.717, 1.165) is 141 Å². The Bertz CT molecular complexity index is 1920. The zero-order valence-electron chi connectivity index (χ0n) is 50.2. The van der Waals surface area contributed by atoms with Crippen LogP contribution in [0.3, 0.4) is 0 Å². The van der Waals surface area contributed by atoms with Gasteiger partial charge in [0.05, 0.1) is 6.61 Å². The zero-order chi connectivity index (χ0) is 58.9. The van der Waals surface area contributed by atoms with Crippen LogP contribution in [0.4, 0.5) is 0 Å². The van der Waals surface area contributed by atoms with Crippen molar-refractivity contribution < 1.29 is 58.2 Å². The predicted octanol–water partition coefficient (Wildman–Crippen LogP) is 16.6. The van der Waals surface area contributed by atoms with E-state index >= 15 is 0 Å². The Balaban J connectivity index is 2.74. The van der Waals surface area contributed by atoms with Gasteiger partial charge in [0.25, 0.3) is 0 Å². The molecule has 3 N–H and O–H groups in total. The van der Waals surface area contributed by atoms with Gasteiger partial charge in [-0.15, -0.1) is 0 Å². The monoisotopic (exact) mass is 1130 g/mol. The first-order valence-corrected chi connectivity index (χ1v) is 31.2. The number of aliphatic hydroxyl groups is 2. The third-order valence-corrected chi connectivity index (χ3v) is 13.2. The molecule has 0 aliphatic carbocycles. The number of carbonyl (C=O) groups is 4. The Kier molecular flexibility index (Phi) is 50.5. The number of hydrogen-bond acceptors (Lipinski definition) is 11. The molecule has 0 aromatic heterocycles. The summed E-state index contributed by atoms with van der Waals surface area (Å²) < 4.78 is 28.4. The van der Waals surface area contributed by atoms with Gasteiger partial charge in [-0.2, -0.15) is 0 Å². The SMILES string of the molecule is CC/C=C\C/C=C\C/C=C\C/C=C\C/C=C\CCCC(=O)OC(COC(=O)CCCCCCCC/C=C\C/C=C\C/C=C\C/C=C\CC)COC1OC(C(=O)O)C(O)C(O)C1OC(=O)CCCCCCC/C=C\C/C=C\CCCCC. The van der Waals surface area contributed by atoms with Gasteiger partial charge in [-0.05, 0) is 128 Å². The Morgan fingerprint density at radius 2 is 0.790 bits per heavy atom. The third-order valence-electron chi connectivity index (χ3n) is 13.2. The van der Waals surface area contributed by atoms with Gasteiger partial charge in [-0.3, -0.25) is 14.4 Å². The van der Waals surface area contributed by atoms with Crippen molar-refractivity contribution in [3.8, 4) is 0 Å². The molecule has 0 aromatic carbocycles. The van der Waals surface area contributed by atoms with Crippen molar-refractivity contribution in [1.29, 1.82) is 0 Å². The molecule has 6 atom stereocenters. The lowest BCUT2D eigenvalue weighted by Crippen LogP contribution is -2.61. The second kappa shape index (κ2) is 55.4. The van der Waals surface area contributed by atoms with Gasteiger partial charge < -0.3 is 39.0 Å². The fourth-order valence-corrected chi connectivity index (χ4v) is 8.48. The molecule has 0 radical (unpaired) electrons. The number of allylic oxidation sites excluding steroid dienone is 22. The lowest BCUT2D eigenvalue weighted by Gasteiger charge is -2.40. The molecule has 0 amide bonds. The van der Waals surface area contributed by atoms with Crippen LogP contribution in [0, 0.1) is 0 Å². The number of esters is 3. The second-order valence-electron chi connectivity index (χ2n) is 20.6. The summed E-state index contributed by atoms with van der Waals surface area (Å²) in [7, 11) is 0. The Morgan fingerprint density at radius 3 is 1.22 bits per heavy atom. The van der Waals surface area contributed by atoms with E-state index in [9.17, 15) is 34.5 Å². The summed E-state index contributed by atoms with van der Waals surface area (Å²) in [6.45, 7) is 5.67. The van der Waals surface area contributed by atoms with Crippen molar-refractivity contribution >= 4 is 23.9 Å². The van der Waals surface area contributed by atoms with E-state index in [0.29, 0.717) is 25.7 Å². The van der Waals surface area contributed by atoms with E-state index in [2.05, 4.69) is 142 Å². The summed E-state index contributed by atoms with van der Waals surface area (Å²) in [6.07, 6.45) is 65.6. The van der Waals surface area contributed by atoms with E-state index in [-0.39, 0.29) is 25.9 Å². The van der Waals surface area contributed by atoms with E-state index in [1.165, 1.54) is 19.3 Å². The number of carboxylic acid groups (broad SMARTS) is 1. The molecule has 1 rings (SSSR count). The van der Waals surface area contributed by atoms with Crippen molar-refractivity contribution in [3.05, 3.63) is 134 Å². The van der Waals surface area contributed by atoms with Crippen LogP contribution in [0.1, 0.15) is 226 Å². The number of carbonyl (C=O) groups excluding carboxylic acids is 3. The van der Waals surface area contributed by atoms with E-state index in [4.69, 9.17) is 23.7 Å². The Morgan fingerprint density at radius 1 is 0.420 bits per heavy atom. The van der Waals surface area contributed by atoms with E-state index in [1.807, 2.05) is 12.2 Å². The molecule has 456 valence electrons. The number of ether oxygens (including phenoxy) is 5. The molecule has 1 heterocycles. The van der Waals surface area contributed by atoms with Crippen LogP contribution in [-0.4, -0.2) is 89.2 Å². The minimum atomic E-state index is -1.93. The number of hydrogen-bond donors (Lipinski definition) is 3. The highest BCUT2D eigenvalue weighted by molar-refractivity contribution is 5.74. The molecule has 0 aromatic rings. The molecule has 1 aliphatic rings. The molecule has 1 aliphatic heterocycles. The number of rotatable bonds is 51. The van der Waals surface area contributed by atoms with Crippen molar-refractivity contribution in [2.75, 3.05) is 13.2 Å². The third kappa shape index (κ3) is 45.1. The Hall–Kier alpha value is -5.14. The van der Waals surface area contributed by atoms with Crippen LogP contribution in [0.15, 0.2) is 134 Å². The van der Waals surface area contributed by atoms with Gasteiger partial charge >= 0.3 is 23.9 Å². The molecule has 0 spiro atoms. The molecule has 12 heteroatoms. The molecule has 1 saturated heterocycles. The highest BCUT2D eigenvalue weighted by atomic mass is 16.7. The van der Waals surface area contributed by atoms with Crippen molar-refractivity contribution in [2.45, 2.75) is 263 Å². The first-order chi connectivity index (χ1) is 39.6. The fraction of sp³-hybridized carbons (Fsp3) is 0.623. The summed E-state index contributed by atoms with van der Waals surface area (Å²) >= 11 is 0. The predicted molar refractivity (Wildman–Crippen MR) is 330 cm³/mol. The van der Waals surface area contributed by atoms with Crippen LogP contribution in [-0.2, 0) is 42.9 Å². The first kappa shape index (κ1) is 73.9. The topological polar surface area (TPSA) is 175 Å². The maximum absolute atomic E-state index is 13.2. The van der Waals surface area contributed by atoms with Gasteiger partial charge in [-0.1, -0.05) is 212 Å². The lowest BCUT2D eigenvalue weighted by molar-refractivity contribution is -0.301. The van der Waals surface area contributed by atoms with E-state index < -0.39 is 67.3 Å². The number of aliphatic carboxylic acids is 1. The highest BCUT2D eigenvalue weighted by Gasteiger charge is 2.50. The maximum atomic E-state index is 13.2. The number of aliphatic hydroxyl groups excluding tert-OH is 2. The van der Waals surface area contributed by atoms with Gasteiger partial charge in [-0.25, -0.2) is 4.79 Å². The summed E-state index contributed by atoms with van der Waals surface area (Å²) in [5.41, 5.74) is 0. The van der Waals surface area contributed by atoms with Gasteiger partial charge in [0, 0.05) is 19.3 Å². The summed E-state index contributed by atoms with van der Waals surface area (Å²) in [5, 5.41) is 31.5. The molecule has 6 unspecified atom stereocenters. The first-order valence-electron chi connectivity index (χ1n) is 31.2. The molecule has 0 bridgehead atoms. The van der Waals surface area contributed by atoms with Crippen LogP contribution in [0.5, 0.6) is 0 Å². The normalized spacial score (nSPS) is 18.7. The number of unbranched alkanes of at least 4 members (excludes halogenated alkanes) is 15. The molecular weight excluding hydrogens is 1020 g/mol. The van der Waals surface area contributed by atoms with Crippen molar-refractivity contribution in [3.63, 3.8) is 0 Å². The maximum Gasteiger partial charge on any atom is 0.335 e. The molecule has 81 heavy (non-hydrogen) atoms. The van der Waals surface area contributed by atoms with Crippen LogP contribution < -0.4 is 0 Å². The van der Waals surface area contributed by atoms with Crippen molar-refractivity contribution in [2.24, 2.45) is 0 Å². The molecule has 12 nitrogen and oxygen atoms in total. The largest absolute Gasteiger partial charge is 0.479 e. The van der Waals surface area contributed by atoms with Gasteiger partial charge in [0.15, 0.2) is 24.6 Å². The average molecular weight is 1130 g/mol. The minimum absolute atomic E-state index is 0.0291. The molecule has 1 fully saturated rings. The second-order valence-corrected chi connectivity index (χ2v) is 20.6. The quantitative estimate of drug-likeness (QED) is 0.0228. The summed E-state index contributed by atoms with van der Waals surface area (Å²) in [6, 6.07) is 0. The van der Waals surface area contributed by atoms with Crippen LogP contribution in [0.2, 0.25) is 0 Å². The Labute approximate surface area is 490 Å². The zero-order valence-corrected chi connectivity index (χ0v) is 50.2. The minimum Gasteiger partial charge on any atom is -0.479 e. The fourth-order valence-electron chi connectivity index (χ4n) is 8.48. The highest BCUT2D eigenvalue weighted by Crippen LogP contribution is 2.26. The van der Waals surface area contributed by atoms with Gasteiger partial charge in [0.1, 0.15) is 18.8 Å². The molecule has 0 saturated carbocycles. The smallest absolute Gasteiger partial charge is 0.335 e. The summed E-state index contributed by atoms with van der Waals surface area (Å²) in [4.78, 5) is 51.3. The lowest BCUT2D eigenvalue weighted by atomic mass is 9.98. The number of carboxylic acids is 1.